The van der Waals surface area contributed by atoms with Crippen molar-refractivity contribution >= 4 is 5.69 Å². The number of hydrogen-bond acceptors (Lipinski definition) is 2. The maximum Gasteiger partial charge on any atom is 0.128 e. The highest BCUT2D eigenvalue weighted by Gasteiger charge is 2.05. The normalized spacial score (nSPS) is 10.3. The highest BCUT2D eigenvalue weighted by Crippen LogP contribution is 2.22. The summed E-state index contributed by atoms with van der Waals surface area (Å²) in [7, 11) is 1.65. The lowest BCUT2D eigenvalue weighted by Crippen LogP contribution is -2.10. The van der Waals surface area contributed by atoms with E-state index >= 15 is 0 Å². The molecule has 0 unspecified atom stereocenters. The maximum absolute atomic E-state index is 13.2. The summed E-state index contributed by atoms with van der Waals surface area (Å²) in [6.45, 7) is 5.05. The Morgan fingerprint density at radius 1 is 1.36 bits per heavy atom. The molecule has 2 nitrogen and oxygen atoms in total. The van der Waals surface area contributed by atoms with Crippen molar-refractivity contribution in [3.63, 3.8) is 0 Å². The predicted octanol–water partition coefficient (Wildman–Crippen LogP) is 2.50. The molecule has 0 radical (unpaired) electrons. The SMILES string of the molecule is COCCNc1c(C)ccc(F)c1C. The summed E-state index contributed by atoms with van der Waals surface area (Å²) < 4.78 is 18.1. The molecule has 14 heavy (non-hydrogen) atoms. The lowest BCUT2D eigenvalue weighted by molar-refractivity contribution is 0.210. The summed E-state index contributed by atoms with van der Waals surface area (Å²) in [5.74, 6) is -0.171. The van der Waals surface area contributed by atoms with Crippen molar-refractivity contribution in [2.24, 2.45) is 0 Å². The Kier molecular flexibility index (Phi) is 3.89. The Hall–Kier alpha value is -1.09. The highest BCUT2D eigenvalue weighted by molar-refractivity contribution is 5.57. The van der Waals surface area contributed by atoms with E-state index in [0.29, 0.717) is 18.7 Å². The topological polar surface area (TPSA) is 21.3 Å². The van der Waals surface area contributed by atoms with Gasteiger partial charge in [0.1, 0.15) is 5.82 Å². The molecule has 1 rings (SSSR count). The number of benzene rings is 1. The maximum atomic E-state index is 13.2. The van der Waals surface area contributed by atoms with E-state index in [1.165, 1.54) is 6.07 Å². The van der Waals surface area contributed by atoms with Gasteiger partial charge in [0.05, 0.1) is 6.61 Å². The minimum absolute atomic E-state index is 0.171. The Morgan fingerprint density at radius 3 is 2.71 bits per heavy atom. The Balaban J connectivity index is 2.79. The van der Waals surface area contributed by atoms with Gasteiger partial charge in [-0.3, -0.25) is 0 Å². The average molecular weight is 197 g/mol. The van der Waals surface area contributed by atoms with E-state index in [4.69, 9.17) is 4.74 Å². The van der Waals surface area contributed by atoms with Crippen LogP contribution in [-0.4, -0.2) is 20.3 Å². The lowest BCUT2D eigenvalue weighted by atomic mass is 10.1. The number of anilines is 1. The first-order valence-electron chi connectivity index (χ1n) is 4.65. The first-order chi connectivity index (χ1) is 6.66. The van der Waals surface area contributed by atoms with Crippen LogP contribution in [0, 0.1) is 19.7 Å². The third kappa shape index (κ3) is 2.45. The molecule has 0 saturated carbocycles. The number of methoxy groups -OCH3 is 1. The van der Waals surface area contributed by atoms with Crippen LogP contribution in [0.5, 0.6) is 0 Å². The molecule has 0 fully saturated rings. The van der Waals surface area contributed by atoms with E-state index in [-0.39, 0.29) is 5.82 Å². The van der Waals surface area contributed by atoms with Crippen molar-refractivity contribution < 1.29 is 9.13 Å². The number of aryl methyl sites for hydroxylation is 1. The standard InChI is InChI=1S/C11H16FNO/c1-8-4-5-10(12)9(2)11(8)13-6-7-14-3/h4-5,13H,6-7H2,1-3H3. The van der Waals surface area contributed by atoms with E-state index in [2.05, 4.69) is 5.32 Å². The molecule has 3 heteroatoms. The smallest absolute Gasteiger partial charge is 0.128 e. The van der Waals surface area contributed by atoms with Crippen LogP contribution in [0.2, 0.25) is 0 Å². The number of halogens is 1. The molecule has 0 aliphatic heterocycles. The van der Waals surface area contributed by atoms with E-state index in [1.54, 1.807) is 20.1 Å². The molecule has 1 aromatic rings. The van der Waals surface area contributed by atoms with Gasteiger partial charge in [0.25, 0.3) is 0 Å². The molecule has 0 aliphatic rings. The lowest BCUT2D eigenvalue weighted by Gasteiger charge is -2.12. The molecule has 78 valence electrons. The zero-order chi connectivity index (χ0) is 10.6. The van der Waals surface area contributed by atoms with Gasteiger partial charge in [-0.15, -0.1) is 0 Å². The zero-order valence-corrected chi connectivity index (χ0v) is 8.86. The fraction of sp³-hybridized carbons (Fsp3) is 0.455. The van der Waals surface area contributed by atoms with Crippen LogP contribution >= 0.6 is 0 Å². The third-order valence-electron chi connectivity index (χ3n) is 2.22. The van der Waals surface area contributed by atoms with Gasteiger partial charge in [-0.2, -0.15) is 0 Å². The summed E-state index contributed by atoms with van der Waals surface area (Å²) in [5.41, 5.74) is 2.60. The molecule has 0 heterocycles. The van der Waals surface area contributed by atoms with Crippen LogP contribution in [0.25, 0.3) is 0 Å². The van der Waals surface area contributed by atoms with Crippen molar-refractivity contribution in [2.45, 2.75) is 13.8 Å². The first-order valence-corrected chi connectivity index (χ1v) is 4.65. The van der Waals surface area contributed by atoms with Gasteiger partial charge in [-0.1, -0.05) is 6.07 Å². The molecule has 0 spiro atoms. The Labute approximate surface area is 84.1 Å². The monoisotopic (exact) mass is 197 g/mol. The van der Waals surface area contributed by atoms with Crippen LogP contribution < -0.4 is 5.32 Å². The largest absolute Gasteiger partial charge is 0.383 e. The molecule has 0 saturated heterocycles. The summed E-state index contributed by atoms with van der Waals surface area (Å²) in [4.78, 5) is 0. The van der Waals surface area contributed by atoms with Crippen LogP contribution in [0.15, 0.2) is 12.1 Å². The van der Waals surface area contributed by atoms with Crippen molar-refractivity contribution in [3.05, 3.63) is 29.1 Å². The molecule has 0 aliphatic carbocycles. The number of ether oxygens (including phenoxy) is 1. The number of nitrogens with one attached hydrogen (secondary N) is 1. The second kappa shape index (κ2) is 4.96. The summed E-state index contributed by atoms with van der Waals surface area (Å²) in [6, 6.07) is 3.27. The Bertz CT molecular complexity index is 312. The van der Waals surface area contributed by atoms with E-state index in [1.807, 2.05) is 6.92 Å². The van der Waals surface area contributed by atoms with Gasteiger partial charge >= 0.3 is 0 Å². The molecule has 0 bridgehead atoms. The Morgan fingerprint density at radius 2 is 2.07 bits per heavy atom. The average Bonchev–Trinajstić information content (AvgIpc) is 2.18. The van der Waals surface area contributed by atoms with Gasteiger partial charge in [-0.05, 0) is 25.5 Å². The molecule has 0 amide bonds. The van der Waals surface area contributed by atoms with Gasteiger partial charge in [0.15, 0.2) is 0 Å². The molecular formula is C11H16FNO. The fourth-order valence-corrected chi connectivity index (χ4v) is 1.37. The minimum atomic E-state index is -0.171. The third-order valence-corrected chi connectivity index (χ3v) is 2.22. The van der Waals surface area contributed by atoms with Gasteiger partial charge in [0, 0.05) is 24.9 Å². The van der Waals surface area contributed by atoms with Gasteiger partial charge < -0.3 is 10.1 Å². The van der Waals surface area contributed by atoms with E-state index in [9.17, 15) is 4.39 Å². The van der Waals surface area contributed by atoms with Gasteiger partial charge in [-0.25, -0.2) is 4.39 Å². The molecule has 0 atom stereocenters. The first kappa shape index (κ1) is 11.0. The quantitative estimate of drug-likeness (QED) is 0.749. The van der Waals surface area contributed by atoms with Crippen molar-refractivity contribution in [1.82, 2.24) is 0 Å². The summed E-state index contributed by atoms with van der Waals surface area (Å²) >= 11 is 0. The number of rotatable bonds is 4. The second-order valence-corrected chi connectivity index (χ2v) is 3.28. The van der Waals surface area contributed by atoms with Crippen molar-refractivity contribution in [1.29, 1.82) is 0 Å². The van der Waals surface area contributed by atoms with E-state index in [0.717, 1.165) is 11.3 Å². The summed E-state index contributed by atoms with van der Waals surface area (Å²) in [5, 5.41) is 3.16. The predicted molar refractivity (Wildman–Crippen MR) is 56.2 cm³/mol. The highest BCUT2D eigenvalue weighted by atomic mass is 19.1. The van der Waals surface area contributed by atoms with Crippen LogP contribution in [0.3, 0.4) is 0 Å². The minimum Gasteiger partial charge on any atom is -0.383 e. The summed E-state index contributed by atoms with van der Waals surface area (Å²) in [6.07, 6.45) is 0. The number of hydrogen-bond donors (Lipinski definition) is 1. The van der Waals surface area contributed by atoms with Crippen molar-refractivity contribution in [3.8, 4) is 0 Å². The van der Waals surface area contributed by atoms with Crippen molar-refractivity contribution in [2.75, 3.05) is 25.6 Å². The second-order valence-electron chi connectivity index (χ2n) is 3.28. The fourth-order valence-electron chi connectivity index (χ4n) is 1.37. The zero-order valence-electron chi connectivity index (χ0n) is 8.86. The molecule has 1 N–H and O–H groups in total. The van der Waals surface area contributed by atoms with Crippen LogP contribution in [0.1, 0.15) is 11.1 Å². The van der Waals surface area contributed by atoms with Gasteiger partial charge in [0.2, 0.25) is 0 Å². The van der Waals surface area contributed by atoms with E-state index < -0.39 is 0 Å². The molecule has 1 aromatic carbocycles. The van der Waals surface area contributed by atoms with Crippen LogP contribution in [-0.2, 0) is 4.74 Å². The van der Waals surface area contributed by atoms with Crippen LogP contribution in [0.4, 0.5) is 10.1 Å². The molecule has 0 aromatic heterocycles. The molecular weight excluding hydrogens is 181 g/mol.